The van der Waals surface area contributed by atoms with Crippen LogP contribution in [0.2, 0.25) is 0 Å². The van der Waals surface area contributed by atoms with Gasteiger partial charge in [-0.3, -0.25) is 13.9 Å². The molecule has 1 heterocycles. The maximum Gasteiger partial charge on any atom is 0.135 e. The van der Waals surface area contributed by atoms with E-state index in [1.54, 1.807) is 6.26 Å². The zero-order valence-corrected chi connectivity index (χ0v) is 9.81. The van der Waals surface area contributed by atoms with E-state index >= 15 is 0 Å². The number of carbonyl (C=O) groups is 1. The van der Waals surface area contributed by atoms with Gasteiger partial charge in [0, 0.05) is 48.2 Å². The van der Waals surface area contributed by atoms with Gasteiger partial charge in [-0.05, 0) is 19.9 Å². The summed E-state index contributed by atoms with van der Waals surface area (Å²) in [7, 11) is -0.682. The first-order valence-electron chi connectivity index (χ1n) is 5.15. The second-order valence-corrected chi connectivity index (χ2v) is 5.56. The molecule has 3 nitrogen and oxygen atoms in total. The maximum absolute atomic E-state index is 11.1. The SMILES string of the molecule is CC1CC(=O)CCN1CCCS(C)=O. The highest BCUT2D eigenvalue weighted by atomic mass is 32.2. The van der Waals surface area contributed by atoms with Gasteiger partial charge >= 0.3 is 0 Å². The van der Waals surface area contributed by atoms with Crippen LogP contribution in [-0.2, 0) is 15.6 Å². The quantitative estimate of drug-likeness (QED) is 0.699. The summed E-state index contributed by atoms with van der Waals surface area (Å²) in [5, 5.41) is 0. The second-order valence-electron chi connectivity index (χ2n) is 4.01. The summed E-state index contributed by atoms with van der Waals surface area (Å²) in [5.41, 5.74) is 0. The summed E-state index contributed by atoms with van der Waals surface area (Å²) in [6.45, 7) is 3.96. The molecular formula is C10H19NO2S. The molecule has 0 aromatic rings. The zero-order chi connectivity index (χ0) is 10.6. The third-order valence-electron chi connectivity index (χ3n) is 2.70. The third kappa shape index (κ3) is 3.88. The molecule has 0 aromatic carbocycles. The fourth-order valence-electron chi connectivity index (χ4n) is 1.85. The normalized spacial score (nSPS) is 26.4. The molecule has 0 aromatic heterocycles. The largest absolute Gasteiger partial charge is 0.300 e. The summed E-state index contributed by atoms with van der Waals surface area (Å²) in [6.07, 6.45) is 4.10. The van der Waals surface area contributed by atoms with Gasteiger partial charge in [-0.2, -0.15) is 0 Å². The number of ketones is 1. The molecule has 0 radical (unpaired) electrons. The summed E-state index contributed by atoms with van der Waals surface area (Å²) >= 11 is 0. The molecule has 0 amide bonds. The van der Waals surface area contributed by atoms with Crippen LogP contribution < -0.4 is 0 Å². The highest BCUT2D eigenvalue weighted by Gasteiger charge is 2.22. The van der Waals surface area contributed by atoms with Crippen molar-refractivity contribution in [1.82, 2.24) is 4.90 Å². The summed E-state index contributed by atoms with van der Waals surface area (Å²) in [6, 6.07) is 0.376. The van der Waals surface area contributed by atoms with E-state index < -0.39 is 10.8 Å². The van der Waals surface area contributed by atoms with Crippen molar-refractivity contribution < 1.29 is 9.00 Å². The number of hydrogen-bond donors (Lipinski definition) is 0. The van der Waals surface area contributed by atoms with Crippen LogP contribution in [0.15, 0.2) is 0 Å². The van der Waals surface area contributed by atoms with Crippen molar-refractivity contribution >= 4 is 16.6 Å². The van der Waals surface area contributed by atoms with Crippen LogP contribution >= 0.6 is 0 Å². The highest BCUT2D eigenvalue weighted by Crippen LogP contribution is 2.13. The first-order chi connectivity index (χ1) is 6.59. The minimum Gasteiger partial charge on any atom is -0.300 e. The van der Waals surface area contributed by atoms with E-state index in [0.29, 0.717) is 24.7 Å². The molecule has 0 saturated carbocycles. The molecule has 2 unspecified atom stereocenters. The van der Waals surface area contributed by atoms with Gasteiger partial charge in [0.25, 0.3) is 0 Å². The van der Waals surface area contributed by atoms with Crippen LogP contribution in [0.1, 0.15) is 26.2 Å². The van der Waals surface area contributed by atoms with Gasteiger partial charge in [0.2, 0.25) is 0 Å². The number of piperidine rings is 1. The van der Waals surface area contributed by atoms with Crippen molar-refractivity contribution in [3.63, 3.8) is 0 Å². The van der Waals surface area contributed by atoms with Crippen molar-refractivity contribution in [3.8, 4) is 0 Å². The van der Waals surface area contributed by atoms with E-state index in [9.17, 15) is 9.00 Å². The van der Waals surface area contributed by atoms with Crippen molar-refractivity contribution in [3.05, 3.63) is 0 Å². The molecule has 4 heteroatoms. The average Bonchev–Trinajstić information content (AvgIpc) is 2.08. The van der Waals surface area contributed by atoms with Gasteiger partial charge in [-0.25, -0.2) is 0 Å². The summed E-state index contributed by atoms with van der Waals surface area (Å²) < 4.78 is 10.9. The van der Waals surface area contributed by atoms with Crippen molar-refractivity contribution in [1.29, 1.82) is 0 Å². The van der Waals surface area contributed by atoms with Crippen molar-refractivity contribution in [2.45, 2.75) is 32.2 Å². The number of hydrogen-bond acceptors (Lipinski definition) is 3. The molecular weight excluding hydrogens is 198 g/mol. The number of nitrogens with zero attached hydrogens (tertiary/aromatic N) is 1. The lowest BCUT2D eigenvalue weighted by molar-refractivity contribution is -0.122. The molecule has 1 aliphatic heterocycles. The number of Topliss-reactive ketones (excluding diaryl/α,β-unsaturated/α-hetero) is 1. The molecule has 2 atom stereocenters. The fourth-order valence-corrected chi connectivity index (χ4v) is 2.39. The van der Waals surface area contributed by atoms with Crippen molar-refractivity contribution in [2.24, 2.45) is 0 Å². The summed E-state index contributed by atoms with van der Waals surface area (Å²) in [5.74, 6) is 1.16. The molecule has 0 bridgehead atoms. The van der Waals surface area contributed by atoms with Crippen molar-refractivity contribution in [2.75, 3.05) is 25.1 Å². The zero-order valence-electron chi connectivity index (χ0n) is 8.99. The maximum atomic E-state index is 11.1. The topological polar surface area (TPSA) is 37.4 Å². The number of carbonyl (C=O) groups excluding carboxylic acids is 1. The predicted molar refractivity (Wildman–Crippen MR) is 58.8 cm³/mol. The van der Waals surface area contributed by atoms with Crippen LogP contribution in [0, 0.1) is 0 Å². The van der Waals surface area contributed by atoms with E-state index in [0.717, 1.165) is 25.3 Å². The number of rotatable bonds is 4. The first kappa shape index (κ1) is 11.9. The molecule has 1 fully saturated rings. The Hall–Kier alpha value is -0.220. The van der Waals surface area contributed by atoms with Crippen LogP contribution in [0.5, 0.6) is 0 Å². The predicted octanol–water partition coefficient (Wildman–Crippen LogP) is 0.808. The van der Waals surface area contributed by atoms with Gasteiger partial charge in [0.05, 0.1) is 0 Å². The summed E-state index contributed by atoms with van der Waals surface area (Å²) in [4.78, 5) is 13.5. The van der Waals surface area contributed by atoms with E-state index in [2.05, 4.69) is 11.8 Å². The van der Waals surface area contributed by atoms with Crippen LogP contribution in [0.25, 0.3) is 0 Å². The molecule has 1 rings (SSSR count). The lowest BCUT2D eigenvalue weighted by Gasteiger charge is -2.32. The van der Waals surface area contributed by atoms with E-state index in [-0.39, 0.29) is 0 Å². The highest BCUT2D eigenvalue weighted by molar-refractivity contribution is 7.84. The molecule has 0 spiro atoms. The van der Waals surface area contributed by atoms with Crippen LogP contribution in [0.4, 0.5) is 0 Å². The lowest BCUT2D eigenvalue weighted by Crippen LogP contribution is -2.41. The van der Waals surface area contributed by atoms with Gasteiger partial charge in [0.15, 0.2) is 0 Å². The molecule has 1 saturated heterocycles. The monoisotopic (exact) mass is 217 g/mol. The Bertz CT molecular complexity index is 230. The Morgan fingerprint density at radius 1 is 1.57 bits per heavy atom. The van der Waals surface area contributed by atoms with Crippen LogP contribution in [0.3, 0.4) is 0 Å². The Kier molecular flexibility index (Phi) is 4.75. The first-order valence-corrected chi connectivity index (χ1v) is 6.88. The Morgan fingerprint density at radius 3 is 2.86 bits per heavy atom. The minimum absolute atomic E-state index is 0.376. The third-order valence-corrected chi connectivity index (χ3v) is 3.56. The average molecular weight is 217 g/mol. The molecule has 0 N–H and O–H groups in total. The van der Waals surface area contributed by atoms with Gasteiger partial charge in [-0.15, -0.1) is 0 Å². The molecule has 0 aliphatic carbocycles. The second kappa shape index (κ2) is 5.61. The molecule has 14 heavy (non-hydrogen) atoms. The van der Waals surface area contributed by atoms with Gasteiger partial charge < -0.3 is 0 Å². The lowest BCUT2D eigenvalue weighted by atomic mass is 10.0. The Morgan fingerprint density at radius 2 is 2.29 bits per heavy atom. The van der Waals surface area contributed by atoms with Crippen LogP contribution in [-0.4, -0.2) is 46.0 Å². The fraction of sp³-hybridized carbons (Fsp3) is 0.900. The van der Waals surface area contributed by atoms with E-state index in [1.807, 2.05) is 0 Å². The smallest absolute Gasteiger partial charge is 0.135 e. The Labute approximate surface area is 88.3 Å². The molecule has 82 valence electrons. The minimum atomic E-state index is -0.682. The standard InChI is InChI=1S/C10H19NO2S/c1-9-8-10(12)4-6-11(9)5-3-7-14(2)13/h9H,3-8H2,1-2H3. The molecule has 1 aliphatic rings. The van der Waals surface area contributed by atoms with Gasteiger partial charge in [-0.1, -0.05) is 0 Å². The Balaban J connectivity index is 2.24. The van der Waals surface area contributed by atoms with E-state index in [4.69, 9.17) is 0 Å². The van der Waals surface area contributed by atoms with Gasteiger partial charge in [0.1, 0.15) is 5.78 Å². The van der Waals surface area contributed by atoms with E-state index in [1.165, 1.54) is 0 Å². The number of likely N-dealkylation sites (tertiary alicyclic amines) is 1.